The highest BCUT2D eigenvalue weighted by Crippen LogP contribution is 2.79. The predicted molar refractivity (Wildman–Crippen MR) is 291 cm³/mol. The van der Waals surface area contributed by atoms with Crippen molar-refractivity contribution in [2.24, 2.45) is 113 Å². The number of carboxylic acid groups (broad SMARTS) is 2. The first-order chi connectivity index (χ1) is 33.2. The summed E-state index contributed by atoms with van der Waals surface area (Å²) in [6, 6.07) is 0. The molecule has 20 atom stereocenters. The Morgan fingerprint density at radius 3 is 1.03 bits per heavy atom. The molecule has 0 bridgehead atoms. The normalized spacial score (nSPS) is 50.9. The van der Waals surface area contributed by atoms with Crippen LogP contribution in [-0.2, 0) is 9.59 Å². The van der Waals surface area contributed by atoms with Crippen molar-refractivity contribution in [2.75, 3.05) is 13.2 Å². The minimum atomic E-state index is -0.833. The van der Waals surface area contributed by atoms with Crippen LogP contribution in [0.25, 0.3) is 0 Å². The maximum absolute atomic E-state index is 10.9. The van der Waals surface area contributed by atoms with Gasteiger partial charge in [0.15, 0.2) is 0 Å². The van der Waals surface area contributed by atoms with E-state index in [0.29, 0.717) is 81.2 Å². The van der Waals surface area contributed by atoms with E-state index < -0.39 is 11.9 Å². The van der Waals surface area contributed by atoms with Crippen molar-refractivity contribution < 1.29 is 40.2 Å². The van der Waals surface area contributed by atoms with Crippen LogP contribution in [0, 0.1) is 113 Å². The van der Waals surface area contributed by atoms with Gasteiger partial charge in [-0.2, -0.15) is 0 Å². The van der Waals surface area contributed by atoms with E-state index in [4.69, 9.17) is 19.8 Å². The highest BCUT2D eigenvalue weighted by atomic mass is 16.4. The molecule has 10 saturated carbocycles. The molecule has 8 nitrogen and oxygen atoms in total. The number of hydrogen-bond donors (Lipinski definition) is 6. The standard InChI is InChI=1S/2C30H50O2.2C2H4O2/c2*1-19(2)20-10-15-30(18-31)17-16-28(6)21(25(20)30)8-9-23-27(5)13-12-24(32)26(3,4)22(27)11-14-29(23,28)7;2*1-2(3)4/h2*20-25,31-32H,1,8-18H2,2-7H3;2*1H3,(H,3,4)/t2*20-,21+,22-,23+,24-,25+,27-,28+,29+,30+;;/m00../s1. The quantitative estimate of drug-likeness (QED) is 0.152. The Hall–Kier alpha value is -1.74. The molecule has 72 heavy (non-hydrogen) atoms. The molecule has 0 aliphatic heterocycles. The largest absolute Gasteiger partial charge is 0.481 e. The van der Waals surface area contributed by atoms with Crippen molar-refractivity contribution in [3.05, 3.63) is 24.3 Å². The van der Waals surface area contributed by atoms with Gasteiger partial charge in [0, 0.05) is 27.1 Å². The van der Waals surface area contributed by atoms with Crippen LogP contribution in [0.1, 0.15) is 225 Å². The van der Waals surface area contributed by atoms with E-state index in [9.17, 15) is 20.4 Å². The van der Waals surface area contributed by atoms with Gasteiger partial charge < -0.3 is 30.6 Å². The van der Waals surface area contributed by atoms with Crippen LogP contribution < -0.4 is 0 Å². The summed E-state index contributed by atoms with van der Waals surface area (Å²) in [5, 5.41) is 57.9. The zero-order valence-corrected chi connectivity index (χ0v) is 48.4. The molecule has 6 N–H and O–H groups in total. The summed E-state index contributed by atoms with van der Waals surface area (Å²) in [6.07, 6.45) is 24.4. The van der Waals surface area contributed by atoms with Crippen molar-refractivity contribution in [1.29, 1.82) is 0 Å². The summed E-state index contributed by atoms with van der Waals surface area (Å²) in [6.45, 7) is 41.6. The second-order valence-corrected chi connectivity index (χ2v) is 30.2. The molecule has 412 valence electrons. The van der Waals surface area contributed by atoms with Gasteiger partial charge in [0.1, 0.15) is 0 Å². The Kier molecular flexibility index (Phi) is 15.8. The molecular weight excluding hydrogens is 897 g/mol. The molecule has 10 fully saturated rings. The number of carbonyl (C=O) groups is 2. The third kappa shape index (κ3) is 8.53. The Morgan fingerprint density at radius 2 is 0.736 bits per heavy atom. The van der Waals surface area contributed by atoms with Crippen LogP contribution in [0.3, 0.4) is 0 Å². The number of aliphatic hydroxyl groups excluding tert-OH is 4. The summed E-state index contributed by atoms with van der Waals surface area (Å²) in [5.41, 5.74) is 5.20. The van der Waals surface area contributed by atoms with E-state index in [1.165, 1.54) is 127 Å². The van der Waals surface area contributed by atoms with Gasteiger partial charge in [0.25, 0.3) is 11.9 Å². The van der Waals surface area contributed by atoms with Gasteiger partial charge in [-0.25, -0.2) is 0 Å². The molecule has 0 saturated heterocycles. The molecule has 0 spiro atoms. The van der Waals surface area contributed by atoms with Gasteiger partial charge in [0.2, 0.25) is 0 Å². The molecule has 0 unspecified atom stereocenters. The van der Waals surface area contributed by atoms with E-state index in [1.807, 2.05) is 0 Å². The second-order valence-electron chi connectivity index (χ2n) is 30.2. The third-order valence-electron chi connectivity index (χ3n) is 27.1. The first-order valence-corrected chi connectivity index (χ1v) is 29.5. The summed E-state index contributed by atoms with van der Waals surface area (Å²) in [7, 11) is 0. The van der Waals surface area contributed by atoms with Crippen LogP contribution in [-0.4, -0.2) is 68.0 Å². The van der Waals surface area contributed by atoms with Crippen LogP contribution in [0.5, 0.6) is 0 Å². The molecule has 0 aromatic carbocycles. The fourth-order valence-electron chi connectivity index (χ4n) is 23.1. The highest BCUT2D eigenvalue weighted by molar-refractivity contribution is 5.63. The summed E-state index contributed by atoms with van der Waals surface area (Å²) in [4.78, 5) is 18.0. The van der Waals surface area contributed by atoms with Crippen LogP contribution in [0.15, 0.2) is 24.3 Å². The van der Waals surface area contributed by atoms with Gasteiger partial charge >= 0.3 is 0 Å². The van der Waals surface area contributed by atoms with E-state index >= 15 is 0 Å². The number of carboxylic acids is 2. The molecule has 10 aliphatic carbocycles. The van der Waals surface area contributed by atoms with Crippen molar-refractivity contribution in [2.45, 2.75) is 238 Å². The van der Waals surface area contributed by atoms with E-state index in [-0.39, 0.29) is 33.9 Å². The number of fused-ring (bicyclic) bond motifs is 14. The molecule has 8 heteroatoms. The topological polar surface area (TPSA) is 156 Å². The molecule has 0 aromatic rings. The molecule has 10 aliphatic rings. The Morgan fingerprint density at radius 1 is 0.417 bits per heavy atom. The van der Waals surface area contributed by atoms with Crippen LogP contribution in [0.4, 0.5) is 0 Å². The monoisotopic (exact) mass is 1000 g/mol. The van der Waals surface area contributed by atoms with Crippen molar-refractivity contribution in [3.63, 3.8) is 0 Å². The lowest BCUT2D eigenvalue weighted by Gasteiger charge is -2.73. The summed E-state index contributed by atoms with van der Waals surface area (Å²) in [5.74, 6) is 4.99. The zero-order chi connectivity index (χ0) is 53.8. The van der Waals surface area contributed by atoms with Crippen molar-refractivity contribution in [3.8, 4) is 0 Å². The number of aliphatic carboxylic acids is 2. The maximum Gasteiger partial charge on any atom is 0.300 e. The van der Waals surface area contributed by atoms with E-state index in [0.717, 1.165) is 50.4 Å². The van der Waals surface area contributed by atoms with E-state index in [2.05, 4.69) is 96.2 Å². The Balaban J connectivity index is 0.000000184. The lowest BCUT2D eigenvalue weighted by Crippen LogP contribution is -2.66. The average Bonchev–Trinajstić information content (AvgIpc) is 3.88. The first kappa shape index (κ1) is 58.0. The summed E-state index contributed by atoms with van der Waals surface area (Å²) < 4.78 is 0. The van der Waals surface area contributed by atoms with E-state index in [1.54, 1.807) is 0 Å². The maximum atomic E-state index is 10.9. The zero-order valence-electron chi connectivity index (χ0n) is 48.4. The van der Waals surface area contributed by atoms with Gasteiger partial charge in [0.05, 0.1) is 12.2 Å². The predicted octanol–water partition coefficient (Wildman–Crippen LogP) is 14.2. The smallest absolute Gasteiger partial charge is 0.300 e. The molecule has 0 radical (unpaired) electrons. The van der Waals surface area contributed by atoms with Crippen molar-refractivity contribution in [1.82, 2.24) is 0 Å². The number of allylic oxidation sites excluding steroid dienone is 2. The highest BCUT2D eigenvalue weighted by Gasteiger charge is 2.73. The second kappa shape index (κ2) is 19.6. The Labute approximate surface area is 438 Å². The van der Waals surface area contributed by atoms with Crippen LogP contribution >= 0.6 is 0 Å². The minimum Gasteiger partial charge on any atom is -0.481 e. The fourth-order valence-corrected chi connectivity index (χ4v) is 23.1. The van der Waals surface area contributed by atoms with Gasteiger partial charge in [-0.05, 0) is 256 Å². The van der Waals surface area contributed by atoms with Gasteiger partial charge in [-0.15, -0.1) is 0 Å². The average molecular weight is 1010 g/mol. The molecule has 10 rings (SSSR count). The fraction of sp³-hybridized carbons (Fsp3) is 0.906. The summed E-state index contributed by atoms with van der Waals surface area (Å²) >= 11 is 0. The van der Waals surface area contributed by atoms with Gasteiger partial charge in [-0.3, -0.25) is 9.59 Å². The first-order valence-electron chi connectivity index (χ1n) is 29.5. The molecule has 0 amide bonds. The number of hydrogen-bond acceptors (Lipinski definition) is 6. The lowest BCUT2D eigenvalue weighted by molar-refractivity contribution is -0.249. The molecular formula is C64H108O8. The minimum absolute atomic E-state index is 0.0290. The van der Waals surface area contributed by atoms with Gasteiger partial charge in [-0.1, -0.05) is 93.5 Å². The van der Waals surface area contributed by atoms with Crippen LogP contribution in [0.2, 0.25) is 0 Å². The SMILES string of the molecule is C=C(C)[C@@H]1CC[C@]2(CO)CC[C@]3(C)[C@H](CC[C@@H]4[C@@]5(C)CC[C@H](O)C(C)(C)[C@@H]5CC[C@]43C)[C@@H]12.C=C(C)[C@@H]1CC[C@]2(CO)CC[C@]3(C)[C@H](CC[C@@H]4[C@@]5(C)CC[C@H](O)C(C)(C)[C@@H]5CC[C@]43C)[C@@H]12.CC(=O)O.CC(=O)O. The van der Waals surface area contributed by atoms with Crippen molar-refractivity contribution >= 4 is 11.9 Å². The molecule has 0 aromatic heterocycles. The Bertz CT molecular complexity index is 1890. The number of rotatable bonds is 4. The third-order valence-corrected chi connectivity index (χ3v) is 27.1. The number of aliphatic hydroxyl groups is 4. The molecule has 0 heterocycles. The lowest BCUT2D eigenvalue weighted by atomic mass is 9.32.